The molecule has 1 aromatic carbocycles. The van der Waals surface area contributed by atoms with Crippen LogP contribution in [0.3, 0.4) is 0 Å². The van der Waals surface area contributed by atoms with Gasteiger partial charge in [-0.3, -0.25) is 4.72 Å². The van der Waals surface area contributed by atoms with Crippen molar-refractivity contribution in [2.45, 2.75) is 50.8 Å². The second kappa shape index (κ2) is 7.45. The third-order valence-corrected chi connectivity index (χ3v) is 5.90. The van der Waals surface area contributed by atoms with Crippen molar-refractivity contribution in [3.63, 3.8) is 0 Å². The van der Waals surface area contributed by atoms with E-state index < -0.39 is 22.4 Å². The van der Waals surface area contributed by atoms with Crippen LogP contribution >= 0.6 is 0 Å². The first-order valence-corrected chi connectivity index (χ1v) is 9.72. The van der Waals surface area contributed by atoms with Gasteiger partial charge in [0.2, 0.25) is 0 Å². The van der Waals surface area contributed by atoms with E-state index in [2.05, 4.69) is 27.5 Å². The van der Waals surface area contributed by atoms with Crippen LogP contribution in [0.15, 0.2) is 12.8 Å². The van der Waals surface area contributed by atoms with Gasteiger partial charge in [-0.1, -0.05) is 6.58 Å². The van der Waals surface area contributed by atoms with Gasteiger partial charge in [-0.15, -0.1) is 0 Å². The maximum absolute atomic E-state index is 12.3. The second-order valence-electron chi connectivity index (χ2n) is 6.33. The van der Waals surface area contributed by atoms with Crippen LogP contribution in [-0.2, 0) is 36.7 Å². The molecule has 2 aliphatic rings. The van der Waals surface area contributed by atoms with Gasteiger partial charge in [0.1, 0.15) is 22.1 Å². The Morgan fingerprint density at radius 2 is 1.72 bits per heavy atom. The number of hydrazine groups is 1. The summed E-state index contributed by atoms with van der Waals surface area (Å²) in [6, 6.07) is -0.500. The average Bonchev–Trinajstić information content (AvgIpc) is 3.25. The van der Waals surface area contributed by atoms with Crippen LogP contribution in [0.4, 0.5) is 10.5 Å². The standard InChI is InChI=1S/C17H24N4O3S/c1-3-18-20-10(2)25(24)21-17(23)19-15-11-6-4-8-13(11)16(22)14-9-5-7-12(14)15/h3,10,18,20,22H,1,4-9H2,2H3,(H2,19,21,23). The van der Waals surface area contributed by atoms with Crippen molar-refractivity contribution >= 4 is 22.7 Å². The molecule has 5 N–H and O–H groups in total. The Kier molecular flexibility index (Phi) is 5.29. The lowest BCUT2D eigenvalue weighted by molar-refractivity contribution is 0.256. The Balaban J connectivity index is 1.76. The van der Waals surface area contributed by atoms with E-state index in [1.807, 2.05) is 0 Å². The summed E-state index contributed by atoms with van der Waals surface area (Å²) in [5.41, 5.74) is 10.2. The predicted molar refractivity (Wildman–Crippen MR) is 98.4 cm³/mol. The molecule has 0 aromatic heterocycles. The third-order valence-electron chi connectivity index (χ3n) is 4.75. The molecular weight excluding hydrogens is 340 g/mol. The quantitative estimate of drug-likeness (QED) is 0.391. The molecule has 0 aliphatic heterocycles. The molecule has 2 amide bonds. The van der Waals surface area contributed by atoms with Crippen molar-refractivity contribution in [1.29, 1.82) is 0 Å². The SMILES string of the molecule is C=CNNC(C)S(=O)NC(=O)Nc1c2c(c(O)c3c1CCC3)CCC2. The summed E-state index contributed by atoms with van der Waals surface area (Å²) < 4.78 is 14.6. The lowest BCUT2D eigenvalue weighted by Crippen LogP contribution is -2.45. The number of carbonyl (C=O) groups excluding carboxylic acids is 1. The fourth-order valence-corrected chi connectivity index (χ4v) is 4.21. The number of rotatable bonds is 6. The smallest absolute Gasteiger partial charge is 0.331 e. The zero-order valence-corrected chi connectivity index (χ0v) is 15.1. The zero-order chi connectivity index (χ0) is 18.0. The van der Waals surface area contributed by atoms with Crippen LogP contribution in [0.5, 0.6) is 5.75 Å². The summed E-state index contributed by atoms with van der Waals surface area (Å²) in [6.07, 6.45) is 6.74. The number of hydrogen-bond acceptors (Lipinski definition) is 5. The molecule has 2 unspecified atom stereocenters. The van der Waals surface area contributed by atoms with Gasteiger partial charge in [-0.2, -0.15) is 0 Å². The molecule has 0 bridgehead atoms. The van der Waals surface area contributed by atoms with Crippen molar-refractivity contribution in [3.8, 4) is 5.75 Å². The minimum atomic E-state index is -1.60. The molecule has 25 heavy (non-hydrogen) atoms. The molecule has 0 saturated carbocycles. The van der Waals surface area contributed by atoms with E-state index >= 15 is 0 Å². The fraction of sp³-hybridized carbons (Fsp3) is 0.471. The van der Waals surface area contributed by atoms with Crippen LogP contribution < -0.4 is 20.9 Å². The number of carbonyl (C=O) groups is 1. The number of urea groups is 1. The molecule has 1 aromatic rings. The number of benzene rings is 1. The summed E-state index contributed by atoms with van der Waals surface area (Å²) in [6.45, 7) is 5.17. The Bertz CT molecular complexity index is 700. The van der Waals surface area contributed by atoms with Crippen LogP contribution in [0.25, 0.3) is 0 Å². The number of aromatic hydroxyl groups is 1. The number of nitrogens with one attached hydrogen (secondary N) is 4. The van der Waals surface area contributed by atoms with Crippen LogP contribution in [0.1, 0.15) is 42.0 Å². The van der Waals surface area contributed by atoms with E-state index in [4.69, 9.17) is 0 Å². The molecule has 0 spiro atoms. The van der Waals surface area contributed by atoms with Gasteiger partial charge in [0.25, 0.3) is 0 Å². The second-order valence-corrected chi connectivity index (χ2v) is 7.84. The Labute approximate surface area is 149 Å². The number of amides is 2. The number of phenols is 1. The minimum absolute atomic E-state index is 0.419. The first-order chi connectivity index (χ1) is 12.0. The van der Waals surface area contributed by atoms with Crippen LogP contribution in [0.2, 0.25) is 0 Å². The lowest BCUT2D eigenvalue weighted by Gasteiger charge is -2.19. The van der Waals surface area contributed by atoms with Crippen molar-refractivity contribution in [3.05, 3.63) is 35.0 Å². The molecule has 8 heteroatoms. The molecule has 3 rings (SSSR count). The van der Waals surface area contributed by atoms with Crippen LogP contribution in [-0.4, -0.2) is 20.7 Å². The molecule has 2 aliphatic carbocycles. The van der Waals surface area contributed by atoms with Crippen molar-refractivity contribution in [2.75, 3.05) is 5.32 Å². The fourth-order valence-electron chi connectivity index (χ4n) is 3.63. The number of hydrogen-bond donors (Lipinski definition) is 5. The van der Waals surface area contributed by atoms with Crippen LogP contribution in [0, 0.1) is 0 Å². The molecule has 0 radical (unpaired) electrons. The molecule has 7 nitrogen and oxygen atoms in total. The molecule has 0 heterocycles. The molecule has 0 fully saturated rings. The maximum atomic E-state index is 12.3. The summed E-state index contributed by atoms with van der Waals surface area (Å²) in [4.78, 5) is 12.3. The van der Waals surface area contributed by atoms with E-state index in [9.17, 15) is 14.1 Å². The highest BCUT2D eigenvalue weighted by Crippen LogP contribution is 2.45. The molecule has 0 saturated heterocycles. The van der Waals surface area contributed by atoms with Gasteiger partial charge in [0, 0.05) is 11.9 Å². The first kappa shape index (κ1) is 17.8. The summed E-state index contributed by atoms with van der Waals surface area (Å²) >= 11 is 0. The lowest BCUT2D eigenvalue weighted by atomic mass is 9.97. The number of fused-ring (bicyclic) bond motifs is 2. The van der Waals surface area contributed by atoms with E-state index in [0.29, 0.717) is 5.75 Å². The molecular formula is C17H24N4O3S. The average molecular weight is 364 g/mol. The van der Waals surface area contributed by atoms with E-state index in [0.717, 1.165) is 66.5 Å². The Morgan fingerprint density at radius 3 is 2.28 bits per heavy atom. The van der Waals surface area contributed by atoms with Gasteiger partial charge >= 0.3 is 6.03 Å². The highest BCUT2D eigenvalue weighted by Gasteiger charge is 2.29. The summed E-state index contributed by atoms with van der Waals surface area (Å²) in [5, 5.41) is 12.9. The van der Waals surface area contributed by atoms with E-state index in [1.165, 1.54) is 6.20 Å². The maximum Gasteiger partial charge on any atom is 0.331 e. The first-order valence-electron chi connectivity index (χ1n) is 8.51. The van der Waals surface area contributed by atoms with Crippen molar-refractivity contribution in [2.24, 2.45) is 0 Å². The molecule has 136 valence electrons. The van der Waals surface area contributed by atoms with Crippen molar-refractivity contribution < 1.29 is 14.1 Å². The Hall–Kier alpha value is -2.06. The highest BCUT2D eigenvalue weighted by atomic mass is 32.2. The summed E-state index contributed by atoms with van der Waals surface area (Å²) in [7, 11) is -1.60. The van der Waals surface area contributed by atoms with Gasteiger partial charge in [-0.05, 0) is 67.7 Å². The highest BCUT2D eigenvalue weighted by molar-refractivity contribution is 7.84. The van der Waals surface area contributed by atoms with Crippen molar-refractivity contribution in [1.82, 2.24) is 15.6 Å². The molecule has 2 atom stereocenters. The third kappa shape index (κ3) is 3.50. The zero-order valence-electron chi connectivity index (χ0n) is 14.3. The topological polar surface area (TPSA) is 102 Å². The number of anilines is 1. The van der Waals surface area contributed by atoms with E-state index in [-0.39, 0.29) is 0 Å². The minimum Gasteiger partial charge on any atom is -0.507 e. The summed E-state index contributed by atoms with van der Waals surface area (Å²) in [5.74, 6) is 0.419. The normalized spacial score (nSPS) is 17.3. The largest absolute Gasteiger partial charge is 0.507 e. The monoisotopic (exact) mass is 364 g/mol. The van der Waals surface area contributed by atoms with E-state index in [1.54, 1.807) is 6.92 Å². The number of phenolic OH excluding ortho intramolecular Hbond substituents is 1. The van der Waals surface area contributed by atoms with Gasteiger partial charge in [0.05, 0.1) is 0 Å². The van der Waals surface area contributed by atoms with Gasteiger partial charge < -0.3 is 15.8 Å². The van der Waals surface area contributed by atoms with Gasteiger partial charge in [-0.25, -0.2) is 14.4 Å². The predicted octanol–water partition coefficient (Wildman–Crippen LogP) is 1.74. The van der Waals surface area contributed by atoms with Gasteiger partial charge in [0.15, 0.2) is 0 Å². The Morgan fingerprint density at radius 1 is 1.16 bits per heavy atom.